The van der Waals surface area contributed by atoms with Gasteiger partial charge in [0, 0.05) is 17.7 Å². The number of ether oxygens (including phenoxy) is 2. The molecule has 30 heavy (non-hydrogen) atoms. The van der Waals surface area contributed by atoms with Crippen LogP contribution >= 0.6 is 0 Å². The van der Waals surface area contributed by atoms with Gasteiger partial charge >= 0.3 is 11.9 Å². The van der Waals surface area contributed by atoms with Crippen molar-refractivity contribution in [3.05, 3.63) is 76.0 Å². The first-order chi connectivity index (χ1) is 14.5. The molecule has 2 aromatic carbocycles. The second-order valence-electron chi connectivity index (χ2n) is 6.06. The molecule has 0 bridgehead atoms. The molecule has 0 spiro atoms. The number of nitrogens with zero attached hydrogens (tertiary/aromatic N) is 3. The zero-order valence-corrected chi connectivity index (χ0v) is 16.4. The van der Waals surface area contributed by atoms with Crippen molar-refractivity contribution in [2.75, 3.05) is 13.2 Å². The summed E-state index contributed by atoms with van der Waals surface area (Å²) in [6.45, 7) is 3.49. The summed E-state index contributed by atoms with van der Waals surface area (Å²) in [6.07, 6.45) is 0. The highest BCUT2D eigenvalue weighted by molar-refractivity contribution is 6.06. The van der Waals surface area contributed by atoms with Crippen molar-refractivity contribution in [3.8, 4) is 16.9 Å². The van der Waals surface area contributed by atoms with Crippen LogP contribution in [0.3, 0.4) is 0 Å². The summed E-state index contributed by atoms with van der Waals surface area (Å²) in [6, 6.07) is 14.5. The Morgan fingerprint density at radius 1 is 0.967 bits per heavy atom. The molecule has 0 aliphatic heterocycles. The molecule has 9 nitrogen and oxygen atoms in total. The van der Waals surface area contributed by atoms with Gasteiger partial charge < -0.3 is 9.47 Å². The number of aromatic nitrogens is 2. The van der Waals surface area contributed by atoms with Crippen LogP contribution in [0.4, 0.5) is 5.69 Å². The van der Waals surface area contributed by atoms with Crippen LogP contribution < -0.4 is 0 Å². The predicted octanol–water partition coefficient (Wildman–Crippen LogP) is 3.80. The Bertz CT molecular complexity index is 1070. The highest BCUT2D eigenvalue weighted by atomic mass is 16.6. The van der Waals surface area contributed by atoms with E-state index >= 15 is 0 Å². The van der Waals surface area contributed by atoms with Crippen molar-refractivity contribution in [3.63, 3.8) is 0 Å². The van der Waals surface area contributed by atoms with E-state index in [1.165, 1.54) is 28.9 Å². The molecule has 0 unspecified atom stereocenters. The zero-order chi connectivity index (χ0) is 21.7. The summed E-state index contributed by atoms with van der Waals surface area (Å²) in [5, 5.41) is 15.4. The molecular weight excluding hydrogens is 390 g/mol. The fraction of sp³-hybridized carbons (Fsp3) is 0.190. The summed E-state index contributed by atoms with van der Waals surface area (Å²) in [5.41, 5.74) is 0.966. The average Bonchev–Trinajstić information content (AvgIpc) is 3.15. The van der Waals surface area contributed by atoms with Gasteiger partial charge in [0.15, 0.2) is 5.69 Å². The van der Waals surface area contributed by atoms with Gasteiger partial charge in [0.25, 0.3) is 5.69 Å². The number of para-hydroxylation sites is 1. The third-order valence-corrected chi connectivity index (χ3v) is 4.19. The number of nitro benzene ring substituents is 1. The Kier molecular flexibility index (Phi) is 6.21. The van der Waals surface area contributed by atoms with E-state index in [9.17, 15) is 19.7 Å². The fourth-order valence-corrected chi connectivity index (χ4v) is 2.92. The van der Waals surface area contributed by atoms with Crippen LogP contribution in [-0.2, 0) is 9.47 Å². The number of rotatable bonds is 7. The number of non-ortho nitro benzene ring substituents is 1. The van der Waals surface area contributed by atoms with Crippen LogP contribution in [0.15, 0.2) is 54.6 Å². The van der Waals surface area contributed by atoms with Crippen molar-refractivity contribution >= 4 is 17.6 Å². The minimum absolute atomic E-state index is 0.0620. The summed E-state index contributed by atoms with van der Waals surface area (Å²) < 4.78 is 11.7. The number of hydrogen-bond donors (Lipinski definition) is 0. The molecule has 0 fully saturated rings. The molecule has 0 atom stereocenters. The largest absolute Gasteiger partial charge is 0.462 e. The van der Waals surface area contributed by atoms with Crippen LogP contribution in [0.1, 0.15) is 34.7 Å². The lowest BCUT2D eigenvalue weighted by Gasteiger charge is -2.10. The fourth-order valence-electron chi connectivity index (χ4n) is 2.92. The monoisotopic (exact) mass is 409 g/mol. The van der Waals surface area contributed by atoms with Gasteiger partial charge in [-0.15, -0.1) is 0 Å². The predicted molar refractivity (Wildman–Crippen MR) is 108 cm³/mol. The number of benzene rings is 2. The molecule has 3 aromatic rings. The zero-order valence-electron chi connectivity index (χ0n) is 16.4. The van der Waals surface area contributed by atoms with Crippen molar-refractivity contribution in [1.82, 2.24) is 9.78 Å². The van der Waals surface area contributed by atoms with E-state index in [1.807, 2.05) is 6.07 Å². The summed E-state index contributed by atoms with van der Waals surface area (Å²) >= 11 is 0. The maximum atomic E-state index is 12.8. The Hall–Kier alpha value is -4.01. The third-order valence-electron chi connectivity index (χ3n) is 4.19. The SMILES string of the molecule is CCOC(=O)c1nn(-c2ccccc2)c(-c2ccc([N+](=O)[O-])cc2)c1C(=O)OCC. The molecule has 0 N–H and O–H groups in total. The Labute approximate surface area is 172 Å². The lowest BCUT2D eigenvalue weighted by Crippen LogP contribution is -2.13. The molecule has 1 heterocycles. The maximum Gasteiger partial charge on any atom is 0.359 e. The Morgan fingerprint density at radius 2 is 1.57 bits per heavy atom. The molecule has 0 amide bonds. The van der Waals surface area contributed by atoms with Crippen molar-refractivity contribution in [2.24, 2.45) is 0 Å². The van der Waals surface area contributed by atoms with Gasteiger partial charge in [0.2, 0.25) is 0 Å². The van der Waals surface area contributed by atoms with E-state index in [-0.39, 0.29) is 35.9 Å². The van der Waals surface area contributed by atoms with Gasteiger partial charge in [0.1, 0.15) is 5.56 Å². The quantitative estimate of drug-likeness (QED) is 0.331. The van der Waals surface area contributed by atoms with Gasteiger partial charge in [0.05, 0.1) is 29.5 Å². The molecular formula is C21H19N3O6. The minimum Gasteiger partial charge on any atom is -0.462 e. The van der Waals surface area contributed by atoms with Crippen molar-refractivity contribution in [1.29, 1.82) is 0 Å². The topological polar surface area (TPSA) is 114 Å². The number of carbonyl (C=O) groups excluding carboxylic acids is 2. The van der Waals surface area contributed by atoms with Crippen LogP contribution in [0.5, 0.6) is 0 Å². The van der Waals surface area contributed by atoms with Gasteiger partial charge in [-0.05, 0) is 38.1 Å². The van der Waals surface area contributed by atoms with E-state index in [0.29, 0.717) is 11.3 Å². The Morgan fingerprint density at radius 3 is 2.13 bits per heavy atom. The van der Waals surface area contributed by atoms with E-state index in [1.54, 1.807) is 38.1 Å². The minimum atomic E-state index is -0.765. The molecule has 0 radical (unpaired) electrons. The van der Waals surface area contributed by atoms with E-state index in [2.05, 4.69) is 5.10 Å². The van der Waals surface area contributed by atoms with E-state index < -0.39 is 16.9 Å². The molecule has 3 rings (SSSR count). The van der Waals surface area contributed by atoms with Gasteiger partial charge in [-0.2, -0.15) is 5.10 Å². The summed E-state index contributed by atoms with van der Waals surface area (Å²) in [4.78, 5) is 35.8. The highest BCUT2D eigenvalue weighted by Gasteiger charge is 2.31. The van der Waals surface area contributed by atoms with Crippen LogP contribution in [0.2, 0.25) is 0 Å². The van der Waals surface area contributed by atoms with Gasteiger partial charge in [-0.25, -0.2) is 14.3 Å². The van der Waals surface area contributed by atoms with Crippen molar-refractivity contribution < 1.29 is 24.0 Å². The molecule has 154 valence electrons. The van der Waals surface area contributed by atoms with Crippen LogP contribution in [0, 0.1) is 10.1 Å². The van der Waals surface area contributed by atoms with Crippen LogP contribution in [-0.4, -0.2) is 39.9 Å². The average molecular weight is 409 g/mol. The van der Waals surface area contributed by atoms with Gasteiger partial charge in [-0.1, -0.05) is 18.2 Å². The second kappa shape index (κ2) is 8.99. The smallest absolute Gasteiger partial charge is 0.359 e. The summed E-state index contributed by atoms with van der Waals surface area (Å²) in [5.74, 6) is -1.51. The number of hydrogen-bond acceptors (Lipinski definition) is 7. The highest BCUT2D eigenvalue weighted by Crippen LogP contribution is 2.31. The number of carbonyl (C=O) groups is 2. The van der Waals surface area contributed by atoms with E-state index in [4.69, 9.17) is 9.47 Å². The molecule has 0 aliphatic carbocycles. The molecule has 0 aliphatic rings. The van der Waals surface area contributed by atoms with Gasteiger partial charge in [-0.3, -0.25) is 10.1 Å². The molecule has 0 saturated heterocycles. The molecule has 0 saturated carbocycles. The van der Waals surface area contributed by atoms with Crippen LogP contribution in [0.25, 0.3) is 16.9 Å². The summed E-state index contributed by atoms with van der Waals surface area (Å²) in [7, 11) is 0. The number of esters is 2. The molecule has 9 heteroatoms. The standard InChI is InChI=1S/C21H19N3O6/c1-3-29-20(25)17-18(21(26)30-4-2)22-23(15-8-6-5-7-9-15)19(17)14-10-12-16(13-11-14)24(27)28/h5-13H,3-4H2,1-2H3. The normalized spacial score (nSPS) is 10.5. The first-order valence-corrected chi connectivity index (χ1v) is 9.25. The molecule has 1 aromatic heterocycles. The Balaban J connectivity index is 2.31. The number of nitro groups is 1. The lowest BCUT2D eigenvalue weighted by atomic mass is 10.0. The first-order valence-electron chi connectivity index (χ1n) is 9.25. The van der Waals surface area contributed by atoms with Crippen molar-refractivity contribution in [2.45, 2.75) is 13.8 Å². The lowest BCUT2D eigenvalue weighted by molar-refractivity contribution is -0.384. The first kappa shape index (κ1) is 20.7. The maximum absolute atomic E-state index is 12.8. The van der Waals surface area contributed by atoms with E-state index in [0.717, 1.165) is 0 Å². The second-order valence-corrected chi connectivity index (χ2v) is 6.06. The third kappa shape index (κ3) is 4.04.